The summed E-state index contributed by atoms with van der Waals surface area (Å²) in [5.74, 6) is 0.975. The lowest BCUT2D eigenvalue weighted by atomic mass is 10.1. The van der Waals surface area contributed by atoms with E-state index in [1.165, 1.54) is 6.26 Å². The number of furan rings is 1. The predicted octanol–water partition coefficient (Wildman–Crippen LogP) is 2.10. The van der Waals surface area contributed by atoms with Crippen molar-refractivity contribution in [2.24, 2.45) is 0 Å². The molecule has 3 rings (SSSR count). The van der Waals surface area contributed by atoms with Crippen LogP contribution in [0.15, 0.2) is 51.6 Å². The summed E-state index contributed by atoms with van der Waals surface area (Å²) in [7, 11) is 0. The number of benzene rings is 1. The van der Waals surface area contributed by atoms with Crippen molar-refractivity contribution in [3.63, 3.8) is 0 Å². The van der Waals surface area contributed by atoms with Crippen molar-refractivity contribution >= 4 is 5.91 Å². The summed E-state index contributed by atoms with van der Waals surface area (Å²) in [6.45, 7) is 1.75. The number of hydrogen-bond acceptors (Lipinski definition) is 6. The van der Waals surface area contributed by atoms with Crippen molar-refractivity contribution in [1.29, 1.82) is 0 Å². The maximum absolute atomic E-state index is 12.2. The number of amides is 1. The Bertz CT molecular complexity index is 795. The number of hydrogen-bond donors (Lipinski definition) is 2. The Kier molecular flexibility index (Phi) is 4.20. The second-order valence-corrected chi connectivity index (χ2v) is 4.96. The number of nitrogens with zero attached hydrogens (tertiary/aromatic N) is 2. The Balaban J connectivity index is 1.68. The van der Waals surface area contributed by atoms with E-state index in [1.807, 2.05) is 0 Å². The Morgan fingerprint density at radius 1 is 1.35 bits per heavy atom. The molecule has 118 valence electrons. The van der Waals surface area contributed by atoms with E-state index in [2.05, 4.69) is 15.5 Å². The molecule has 2 aromatic heterocycles. The number of nitrogens with one attached hydrogen (secondary N) is 1. The monoisotopic (exact) mass is 313 g/mol. The molecule has 0 aliphatic rings. The van der Waals surface area contributed by atoms with Gasteiger partial charge in [-0.3, -0.25) is 4.79 Å². The normalized spacial score (nSPS) is 12.1. The first-order chi connectivity index (χ1) is 11.1. The number of carbonyl (C=O) groups excluding carboxylic acids is 1. The summed E-state index contributed by atoms with van der Waals surface area (Å²) in [6.07, 6.45) is 0.577. The van der Waals surface area contributed by atoms with Crippen molar-refractivity contribution in [3.05, 3.63) is 59.9 Å². The number of aliphatic hydroxyl groups is 1. The van der Waals surface area contributed by atoms with Gasteiger partial charge in [-0.2, -0.15) is 4.98 Å². The minimum Gasteiger partial charge on any atom is -0.467 e. The fourth-order valence-corrected chi connectivity index (χ4v) is 2.09. The molecule has 1 aromatic carbocycles. The van der Waals surface area contributed by atoms with Crippen LogP contribution in [0.2, 0.25) is 0 Å². The minimum atomic E-state index is -0.892. The third kappa shape index (κ3) is 3.46. The fraction of sp³-hybridized carbons (Fsp3) is 0.188. The molecule has 0 spiro atoms. The molecule has 2 heterocycles. The number of aryl methyl sites for hydroxylation is 1. The second-order valence-electron chi connectivity index (χ2n) is 4.96. The maximum Gasteiger partial charge on any atom is 0.251 e. The van der Waals surface area contributed by atoms with E-state index in [4.69, 9.17) is 8.94 Å². The van der Waals surface area contributed by atoms with E-state index in [1.54, 1.807) is 43.3 Å². The van der Waals surface area contributed by atoms with Gasteiger partial charge in [-0.05, 0) is 24.3 Å². The highest BCUT2D eigenvalue weighted by atomic mass is 16.5. The van der Waals surface area contributed by atoms with Crippen LogP contribution in [0.5, 0.6) is 0 Å². The first-order valence-electron chi connectivity index (χ1n) is 7.04. The zero-order valence-electron chi connectivity index (χ0n) is 12.4. The molecule has 3 aromatic rings. The number of aliphatic hydroxyl groups excluding tert-OH is 1. The van der Waals surface area contributed by atoms with Gasteiger partial charge in [-0.25, -0.2) is 0 Å². The Hall–Kier alpha value is -2.93. The number of aromatic nitrogens is 2. The smallest absolute Gasteiger partial charge is 0.251 e. The lowest BCUT2D eigenvalue weighted by Gasteiger charge is -2.10. The highest BCUT2D eigenvalue weighted by Gasteiger charge is 2.14. The summed E-state index contributed by atoms with van der Waals surface area (Å²) in [5.41, 5.74) is 1.12. The van der Waals surface area contributed by atoms with Crippen LogP contribution in [0.3, 0.4) is 0 Å². The maximum atomic E-state index is 12.2. The van der Waals surface area contributed by atoms with Gasteiger partial charge in [0.1, 0.15) is 11.9 Å². The van der Waals surface area contributed by atoms with Gasteiger partial charge in [0.2, 0.25) is 11.7 Å². The molecule has 2 N–H and O–H groups in total. The van der Waals surface area contributed by atoms with E-state index in [0.717, 1.165) is 0 Å². The topological polar surface area (TPSA) is 101 Å². The van der Waals surface area contributed by atoms with Crippen LogP contribution in [-0.4, -0.2) is 27.7 Å². The Morgan fingerprint density at radius 3 is 2.91 bits per heavy atom. The lowest BCUT2D eigenvalue weighted by molar-refractivity contribution is 0.0901. The first kappa shape index (κ1) is 15.0. The average Bonchev–Trinajstić information content (AvgIpc) is 3.24. The van der Waals surface area contributed by atoms with Gasteiger partial charge in [0.25, 0.3) is 5.91 Å². The van der Waals surface area contributed by atoms with Gasteiger partial charge >= 0.3 is 0 Å². The van der Waals surface area contributed by atoms with E-state index >= 15 is 0 Å². The van der Waals surface area contributed by atoms with Gasteiger partial charge in [0, 0.05) is 18.1 Å². The number of rotatable bonds is 5. The zero-order chi connectivity index (χ0) is 16.2. The molecule has 0 aliphatic heterocycles. The third-order valence-electron chi connectivity index (χ3n) is 3.24. The van der Waals surface area contributed by atoms with Crippen LogP contribution in [0.4, 0.5) is 0 Å². The fourth-order valence-electron chi connectivity index (χ4n) is 2.09. The van der Waals surface area contributed by atoms with Crippen molar-refractivity contribution in [2.75, 3.05) is 6.54 Å². The molecule has 1 atom stereocenters. The zero-order valence-corrected chi connectivity index (χ0v) is 12.4. The van der Waals surface area contributed by atoms with Gasteiger partial charge in [-0.1, -0.05) is 17.3 Å². The highest BCUT2D eigenvalue weighted by molar-refractivity contribution is 5.95. The summed E-state index contributed by atoms with van der Waals surface area (Å²) >= 11 is 0. The molecule has 7 nitrogen and oxygen atoms in total. The third-order valence-corrected chi connectivity index (χ3v) is 3.24. The second kappa shape index (κ2) is 6.45. The minimum absolute atomic E-state index is 0.0535. The summed E-state index contributed by atoms with van der Waals surface area (Å²) in [5, 5.41) is 16.4. The average molecular weight is 313 g/mol. The summed E-state index contributed by atoms with van der Waals surface area (Å²) < 4.78 is 10.0. The molecule has 0 aliphatic carbocycles. The predicted molar refractivity (Wildman–Crippen MR) is 80.5 cm³/mol. The first-order valence-corrected chi connectivity index (χ1v) is 7.04. The molecule has 0 saturated heterocycles. The van der Waals surface area contributed by atoms with Crippen molar-refractivity contribution in [3.8, 4) is 11.4 Å². The lowest BCUT2D eigenvalue weighted by Crippen LogP contribution is -2.28. The quantitative estimate of drug-likeness (QED) is 0.748. The van der Waals surface area contributed by atoms with Crippen molar-refractivity contribution < 1.29 is 18.8 Å². The van der Waals surface area contributed by atoms with E-state index in [9.17, 15) is 9.90 Å². The van der Waals surface area contributed by atoms with Gasteiger partial charge in [0.15, 0.2) is 0 Å². The van der Waals surface area contributed by atoms with Crippen LogP contribution in [0.1, 0.15) is 28.1 Å². The van der Waals surface area contributed by atoms with Crippen molar-refractivity contribution in [1.82, 2.24) is 15.5 Å². The molecule has 23 heavy (non-hydrogen) atoms. The van der Waals surface area contributed by atoms with Crippen LogP contribution >= 0.6 is 0 Å². The Morgan fingerprint density at radius 2 is 2.22 bits per heavy atom. The van der Waals surface area contributed by atoms with Gasteiger partial charge < -0.3 is 19.4 Å². The molecule has 0 unspecified atom stereocenters. The van der Waals surface area contributed by atoms with E-state index in [0.29, 0.717) is 28.6 Å². The van der Waals surface area contributed by atoms with Crippen LogP contribution in [0.25, 0.3) is 11.4 Å². The summed E-state index contributed by atoms with van der Waals surface area (Å²) in [4.78, 5) is 16.3. The van der Waals surface area contributed by atoms with E-state index in [-0.39, 0.29) is 12.5 Å². The molecule has 0 fully saturated rings. The van der Waals surface area contributed by atoms with E-state index < -0.39 is 6.10 Å². The molecular weight excluding hydrogens is 298 g/mol. The standard InChI is InChI=1S/C16H15N3O4/c1-10-18-15(19-23-10)11-4-2-5-12(8-11)16(21)17-9-13(20)14-6-3-7-22-14/h2-8,13,20H,9H2,1H3,(H,17,21)/t13-/m0/s1. The SMILES string of the molecule is Cc1nc(-c2cccc(C(=O)NC[C@H](O)c3ccco3)c2)no1. The molecular formula is C16H15N3O4. The summed E-state index contributed by atoms with van der Waals surface area (Å²) in [6, 6.07) is 10.2. The Labute approximate surface area is 131 Å². The van der Waals surface area contributed by atoms with Crippen LogP contribution in [0, 0.1) is 6.92 Å². The molecule has 0 radical (unpaired) electrons. The van der Waals surface area contributed by atoms with Gasteiger partial charge in [-0.15, -0.1) is 0 Å². The van der Waals surface area contributed by atoms with Crippen LogP contribution < -0.4 is 5.32 Å². The van der Waals surface area contributed by atoms with Crippen LogP contribution in [-0.2, 0) is 0 Å². The van der Waals surface area contributed by atoms with Gasteiger partial charge in [0.05, 0.1) is 12.8 Å². The highest BCUT2D eigenvalue weighted by Crippen LogP contribution is 2.17. The molecule has 7 heteroatoms. The van der Waals surface area contributed by atoms with Crippen molar-refractivity contribution in [2.45, 2.75) is 13.0 Å². The largest absolute Gasteiger partial charge is 0.467 e. The number of carbonyl (C=O) groups is 1. The molecule has 0 saturated carbocycles. The molecule has 1 amide bonds. The molecule has 0 bridgehead atoms.